The SMILES string of the molecule is CSCC(=O)Nc1nc(CO)cs1. The molecule has 1 aromatic rings. The molecule has 0 aromatic carbocycles. The standard InChI is InChI=1S/C7H10N2O2S2/c1-12-4-6(11)9-7-8-5(2-10)3-13-7/h3,10H,2,4H2,1H3,(H,8,9,11). The molecule has 0 aliphatic carbocycles. The van der Waals surface area contributed by atoms with Gasteiger partial charge in [-0.25, -0.2) is 4.98 Å². The molecule has 1 amide bonds. The molecule has 0 radical (unpaired) electrons. The molecule has 0 saturated carbocycles. The van der Waals surface area contributed by atoms with E-state index in [1.165, 1.54) is 23.1 Å². The Labute approximate surface area is 84.4 Å². The number of thiazole rings is 1. The Balaban J connectivity index is 2.49. The van der Waals surface area contributed by atoms with Crippen molar-refractivity contribution in [2.75, 3.05) is 17.3 Å². The maximum atomic E-state index is 11.1. The lowest BCUT2D eigenvalue weighted by Gasteiger charge is -1.97. The van der Waals surface area contributed by atoms with Gasteiger partial charge >= 0.3 is 0 Å². The van der Waals surface area contributed by atoms with E-state index in [2.05, 4.69) is 10.3 Å². The molecule has 0 aliphatic heterocycles. The van der Waals surface area contributed by atoms with Crippen molar-refractivity contribution in [1.82, 2.24) is 4.98 Å². The van der Waals surface area contributed by atoms with E-state index in [1.54, 1.807) is 5.38 Å². The molecule has 13 heavy (non-hydrogen) atoms. The van der Waals surface area contributed by atoms with Gasteiger partial charge in [0.25, 0.3) is 0 Å². The van der Waals surface area contributed by atoms with Gasteiger partial charge in [-0.15, -0.1) is 11.3 Å². The molecule has 1 heterocycles. The van der Waals surface area contributed by atoms with Crippen molar-refractivity contribution in [2.45, 2.75) is 6.61 Å². The molecule has 0 aliphatic rings. The van der Waals surface area contributed by atoms with Gasteiger partial charge in [-0.1, -0.05) is 0 Å². The molecule has 0 saturated heterocycles. The number of hydrogen-bond donors (Lipinski definition) is 2. The number of amides is 1. The smallest absolute Gasteiger partial charge is 0.236 e. The molecule has 72 valence electrons. The highest BCUT2D eigenvalue weighted by Crippen LogP contribution is 2.15. The van der Waals surface area contributed by atoms with Crippen LogP contribution in [-0.4, -0.2) is 28.0 Å². The number of anilines is 1. The average molecular weight is 218 g/mol. The molecule has 1 aromatic heterocycles. The topological polar surface area (TPSA) is 62.2 Å². The van der Waals surface area contributed by atoms with Gasteiger partial charge in [0.15, 0.2) is 5.13 Å². The van der Waals surface area contributed by atoms with E-state index in [9.17, 15) is 4.79 Å². The highest BCUT2D eigenvalue weighted by molar-refractivity contribution is 7.99. The highest BCUT2D eigenvalue weighted by atomic mass is 32.2. The van der Waals surface area contributed by atoms with Crippen LogP contribution in [0.5, 0.6) is 0 Å². The summed E-state index contributed by atoms with van der Waals surface area (Å²) in [6.07, 6.45) is 1.86. The molecule has 6 heteroatoms. The molecular weight excluding hydrogens is 208 g/mol. The summed E-state index contributed by atoms with van der Waals surface area (Å²) >= 11 is 2.77. The second-order valence-corrected chi connectivity index (χ2v) is 4.01. The van der Waals surface area contributed by atoms with Crippen LogP contribution >= 0.6 is 23.1 Å². The zero-order valence-corrected chi connectivity index (χ0v) is 8.74. The van der Waals surface area contributed by atoms with Crippen LogP contribution in [0.1, 0.15) is 5.69 Å². The summed E-state index contributed by atoms with van der Waals surface area (Å²) in [6.45, 7) is -0.0884. The first kappa shape index (κ1) is 10.5. The van der Waals surface area contributed by atoms with Gasteiger partial charge in [0, 0.05) is 5.38 Å². The number of rotatable bonds is 4. The van der Waals surface area contributed by atoms with Crippen LogP contribution in [-0.2, 0) is 11.4 Å². The molecule has 0 atom stereocenters. The zero-order valence-electron chi connectivity index (χ0n) is 7.11. The Hall–Kier alpha value is -0.590. The number of nitrogens with zero attached hydrogens (tertiary/aromatic N) is 1. The van der Waals surface area contributed by atoms with Crippen molar-refractivity contribution in [1.29, 1.82) is 0 Å². The van der Waals surface area contributed by atoms with E-state index >= 15 is 0 Å². The van der Waals surface area contributed by atoms with E-state index in [1.807, 2.05) is 6.26 Å². The highest BCUT2D eigenvalue weighted by Gasteiger charge is 2.04. The van der Waals surface area contributed by atoms with Crippen molar-refractivity contribution in [3.8, 4) is 0 Å². The van der Waals surface area contributed by atoms with E-state index in [0.29, 0.717) is 16.6 Å². The predicted octanol–water partition coefficient (Wildman–Crippen LogP) is 0.937. The van der Waals surface area contributed by atoms with Crippen LogP contribution in [0.3, 0.4) is 0 Å². The fourth-order valence-corrected chi connectivity index (χ4v) is 1.78. The van der Waals surface area contributed by atoms with Crippen molar-refractivity contribution in [3.05, 3.63) is 11.1 Å². The predicted molar refractivity (Wildman–Crippen MR) is 55.0 cm³/mol. The third-order valence-corrected chi connectivity index (χ3v) is 2.59. The van der Waals surface area contributed by atoms with Gasteiger partial charge in [0.05, 0.1) is 18.1 Å². The first-order chi connectivity index (χ1) is 6.26. The minimum atomic E-state index is -0.0884. The van der Waals surface area contributed by atoms with E-state index in [0.717, 1.165) is 0 Å². The van der Waals surface area contributed by atoms with Gasteiger partial charge in [0.1, 0.15) is 0 Å². The van der Waals surface area contributed by atoms with Gasteiger partial charge in [0.2, 0.25) is 5.91 Å². The molecule has 0 unspecified atom stereocenters. The van der Waals surface area contributed by atoms with Crippen LogP contribution < -0.4 is 5.32 Å². The first-order valence-corrected chi connectivity index (χ1v) is 5.87. The molecule has 0 bridgehead atoms. The lowest BCUT2D eigenvalue weighted by Crippen LogP contribution is -2.13. The number of hydrogen-bond acceptors (Lipinski definition) is 5. The third kappa shape index (κ3) is 3.33. The van der Waals surface area contributed by atoms with Crippen molar-refractivity contribution in [2.24, 2.45) is 0 Å². The summed E-state index contributed by atoms with van der Waals surface area (Å²) in [5.74, 6) is 0.361. The largest absolute Gasteiger partial charge is 0.390 e. The van der Waals surface area contributed by atoms with Crippen molar-refractivity contribution >= 4 is 34.1 Å². The maximum absolute atomic E-state index is 11.1. The summed E-state index contributed by atoms with van der Waals surface area (Å²) in [4.78, 5) is 15.1. The van der Waals surface area contributed by atoms with E-state index in [-0.39, 0.29) is 12.5 Å². The Kier molecular flexibility index (Phi) is 4.20. The zero-order chi connectivity index (χ0) is 9.68. The van der Waals surface area contributed by atoms with Gasteiger partial charge in [-0.2, -0.15) is 11.8 Å². The molecule has 4 nitrogen and oxygen atoms in total. The molecule has 0 fully saturated rings. The summed E-state index contributed by atoms with van der Waals surface area (Å²) in [5.41, 5.74) is 0.587. The second kappa shape index (κ2) is 5.21. The third-order valence-electron chi connectivity index (χ3n) is 1.24. The number of nitrogens with one attached hydrogen (secondary N) is 1. The van der Waals surface area contributed by atoms with Crippen molar-refractivity contribution < 1.29 is 9.90 Å². The van der Waals surface area contributed by atoms with Crippen molar-refractivity contribution in [3.63, 3.8) is 0 Å². The number of aliphatic hydroxyl groups excluding tert-OH is 1. The minimum absolute atomic E-state index is 0.0636. The quantitative estimate of drug-likeness (QED) is 0.789. The molecular formula is C7H10N2O2S2. The van der Waals surface area contributed by atoms with Gasteiger partial charge in [-0.05, 0) is 6.26 Å². The fourth-order valence-electron chi connectivity index (χ4n) is 0.723. The number of carbonyl (C=O) groups excluding carboxylic acids is 1. The number of thioether (sulfide) groups is 1. The Morgan fingerprint density at radius 2 is 2.62 bits per heavy atom. The summed E-state index contributed by atoms with van der Waals surface area (Å²) < 4.78 is 0. The molecule has 2 N–H and O–H groups in total. The first-order valence-electron chi connectivity index (χ1n) is 3.60. The number of aromatic nitrogens is 1. The monoisotopic (exact) mass is 218 g/mol. The normalized spacial score (nSPS) is 10.0. The summed E-state index contributed by atoms with van der Waals surface area (Å²) in [7, 11) is 0. The average Bonchev–Trinajstić information content (AvgIpc) is 2.52. The van der Waals surface area contributed by atoms with E-state index in [4.69, 9.17) is 5.11 Å². The lowest BCUT2D eigenvalue weighted by molar-refractivity contribution is -0.113. The van der Waals surface area contributed by atoms with Gasteiger partial charge in [-0.3, -0.25) is 4.79 Å². The Morgan fingerprint density at radius 3 is 3.15 bits per heavy atom. The Morgan fingerprint density at radius 1 is 1.85 bits per heavy atom. The van der Waals surface area contributed by atoms with Crippen LogP contribution in [0.15, 0.2) is 5.38 Å². The van der Waals surface area contributed by atoms with Crippen LogP contribution in [0.2, 0.25) is 0 Å². The number of carbonyl (C=O) groups is 1. The lowest BCUT2D eigenvalue weighted by atomic mass is 10.5. The number of aliphatic hydroxyl groups is 1. The summed E-state index contributed by atoms with van der Waals surface area (Å²) in [6, 6.07) is 0. The summed E-state index contributed by atoms with van der Waals surface area (Å²) in [5, 5.41) is 13.6. The minimum Gasteiger partial charge on any atom is -0.390 e. The van der Waals surface area contributed by atoms with Crippen LogP contribution in [0, 0.1) is 0 Å². The van der Waals surface area contributed by atoms with Crippen LogP contribution in [0.25, 0.3) is 0 Å². The fraction of sp³-hybridized carbons (Fsp3) is 0.429. The van der Waals surface area contributed by atoms with E-state index < -0.39 is 0 Å². The Bertz CT molecular complexity index is 288. The van der Waals surface area contributed by atoms with Crippen LogP contribution in [0.4, 0.5) is 5.13 Å². The van der Waals surface area contributed by atoms with Gasteiger partial charge < -0.3 is 10.4 Å². The maximum Gasteiger partial charge on any atom is 0.236 e. The molecule has 0 spiro atoms. The second-order valence-electron chi connectivity index (χ2n) is 2.28. The molecule has 1 rings (SSSR count).